The number of rotatable bonds is 3. The van der Waals surface area contributed by atoms with Crippen LogP contribution in [0.1, 0.15) is 15.9 Å². The molecule has 0 unspecified atom stereocenters. The molecule has 0 spiro atoms. The van der Waals surface area contributed by atoms with E-state index in [1.165, 1.54) is 37.6 Å². The molecule has 1 heterocycles. The van der Waals surface area contributed by atoms with Crippen LogP contribution in [0.2, 0.25) is 0 Å². The summed E-state index contributed by atoms with van der Waals surface area (Å²) in [7, 11) is 1.43. The Balaban J connectivity index is 2.41. The molecule has 0 bridgehead atoms. The standard InChI is InChI=1S/C12H8BrFO3/c1-16-7-2-3-8(10(14)6-7)11(15)9-4-5-17-12(9)13/h2-6H,1H3. The van der Waals surface area contributed by atoms with E-state index in [0.29, 0.717) is 5.75 Å². The Labute approximate surface area is 105 Å². The van der Waals surface area contributed by atoms with Crippen molar-refractivity contribution in [3.63, 3.8) is 0 Å². The fourth-order valence-corrected chi connectivity index (χ4v) is 1.83. The van der Waals surface area contributed by atoms with E-state index >= 15 is 0 Å². The highest BCUT2D eigenvalue weighted by atomic mass is 79.9. The van der Waals surface area contributed by atoms with Gasteiger partial charge in [0.1, 0.15) is 11.6 Å². The van der Waals surface area contributed by atoms with Gasteiger partial charge in [0.15, 0.2) is 10.5 Å². The van der Waals surface area contributed by atoms with Crippen molar-refractivity contribution in [3.8, 4) is 5.75 Å². The molecule has 2 rings (SSSR count). The number of ether oxygens (including phenoxy) is 1. The lowest BCUT2D eigenvalue weighted by Gasteiger charge is -2.03. The lowest BCUT2D eigenvalue weighted by atomic mass is 10.1. The first-order valence-electron chi connectivity index (χ1n) is 4.74. The van der Waals surface area contributed by atoms with Crippen molar-refractivity contribution < 1.29 is 18.3 Å². The monoisotopic (exact) mass is 298 g/mol. The van der Waals surface area contributed by atoms with Gasteiger partial charge >= 0.3 is 0 Å². The van der Waals surface area contributed by atoms with Crippen molar-refractivity contribution in [1.29, 1.82) is 0 Å². The van der Waals surface area contributed by atoms with Crippen molar-refractivity contribution in [1.82, 2.24) is 0 Å². The maximum atomic E-state index is 13.7. The molecule has 3 nitrogen and oxygen atoms in total. The van der Waals surface area contributed by atoms with E-state index in [-0.39, 0.29) is 15.8 Å². The quantitative estimate of drug-likeness (QED) is 0.815. The van der Waals surface area contributed by atoms with E-state index in [9.17, 15) is 9.18 Å². The fraction of sp³-hybridized carbons (Fsp3) is 0.0833. The molecule has 0 saturated heterocycles. The highest BCUT2D eigenvalue weighted by Crippen LogP contribution is 2.24. The van der Waals surface area contributed by atoms with Gasteiger partial charge in [-0.25, -0.2) is 4.39 Å². The van der Waals surface area contributed by atoms with E-state index in [0.717, 1.165) is 0 Å². The Morgan fingerprint density at radius 3 is 2.65 bits per heavy atom. The number of furan rings is 1. The molecule has 17 heavy (non-hydrogen) atoms. The van der Waals surface area contributed by atoms with Crippen LogP contribution in [0.5, 0.6) is 5.75 Å². The van der Waals surface area contributed by atoms with Crippen molar-refractivity contribution in [2.24, 2.45) is 0 Å². The van der Waals surface area contributed by atoms with Gasteiger partial charge in [-0.05, 0) is 34.1 Å². The smallest absolute Gasteiger partial charge is 0.200 e. The molecule has 2 aromatic rings. The molecule has 0 aliphatic carbocycles. The molecule has 0 radical (unpaired) electrons. The number of ketones is 1. The Hall–Kier alpha value is -1.62. The maximum Gasteiger partial charge on any atom is 0.200 e. The molecule has 0 N–H and O–H groups in total. The van der Waals surface area contributed by atoms with Crippen LogP contribution in [0, 0.1) is 5.82 Å². The topological polar surface area (TPSA) is 39.4 Å². The second-order valence-corrected chi connectivity index (χ2v) is 4.00. The van der Waals surface area contributed by atoms with Gasteiger partial charge in [0, 0.05) is 6.07 Å². The van der Waals surface area contributed by atoms with Crippen LogP contribution in [0.3, 0.4) is 0 Å². The summed E-state index contributed by atoms with van der Waals surface area (Å²) in [6, 6.07) is 5.57. The molecule has 0 saturated carbocycles. The van der Waals surface area contributed by atoms with Crippen molar-refractivity contribution in [3.05, 3.63) is 52.1 Å². The summed E-state index contributed by atoms with van der Waals surface area (Å²) in [4.78, 5) is 12.0. The van der Waals surface area contributed by atoms with Crippen LogP contribution < -0.4 is 4.74 Å². The zero-order chi connectivity index (χ0) is 12.4. The largest absolute Gasteiger partial charge is 0.497 e. The summed E-state index contributed by atoms with van der Waals surface area (Å²) in [6.07, 6.45) is 1.36. The molecule has 0 atom stereocenters. The minimum absolute atomic E-state index is 0.0205. The minimum atomic E-state index is -0.623. The lowest BCUT2D eigenvalue weighted by Crippen LogP contribution is -2.04. The van der Waals surface area contributed by atoms with E-state index in [1.54, 1.807) is 0 Å². The van der Waals surface area contributed by atoms with Gasteiger partial charge in [0.25, 0.3) is 0 Å². The second kappa shape index (κ2) is 4.71. The van der Waals surface area contributed by atoms with Crippen molar-refractivity contribution in [2.45, 2.75) is 0 Å². The summed E-state index contributed by atoms with van der Waals surface area (Å²) in [6.45, 7) is 0. The Bertz CT molecular complexity index is 563. The molecule has 1 aromatic carbocycles. The van der Waals surface area contributed by atoms with Gasteiger partial charge < -0.3 is 9.15 Å². The van der Waals surface area contributed by atoms with Crippen LogP contribution in [0.4, 0.5) is 4.39 Å². The molecular weight excluding hydrogens is 291 g/mol. The molecule has 0 aliphatic rings. The average Bonchev–Trinajstić information content (AvgIpc) is 2.74. The fourth-order valence-electron chi connectivity index (χ4n) is 1.41. The number of hydrogen-bond donors (Lipinski definition) is 0. The number of benzene rings is 1. The predicted molar refractivity (Wildman–Crippen MR) is 62.8 cm³/mol. The van der Waals surface area contributed by atoms with E-state index < -0.39 is 11.6 Å². The van der Waals surface area contributed by atoms with Crippen LogP contribution in [0.25, 0.3) is 0 Å². The van der Waals surface area contributed by atoms with Crippen LogP contribution in [-0.2, 0) is 0 Å². The number of carbonyl (C=O) groups is 1. The maximum absolute atomic E-state index is 13.7. The van der Waals surface area contributed by atoms with Gasteiger partial charge in [-0.1, -0.05) is 0 Å². The zero-order valence-corrected chi connectivity index (χ0v) is 10.5. The zero-order valence-electron chi connectivity index (χ0n) is 8.87. The van der Waals surface area contributed by atoms with Crippen molar-refractivity contribution in [2.75, 3.05) is 7.11 Å². The SMILES string of the molecule is COc1ccc(C(=O)c2ccoc2Br)c(F)c1. The van der Waals surface area contributed by atoms with Crippen LogP contribution in [-0.4, -0.2) is 12.9 Å². The molecule has 0 fully saturated rings. The van der Waals surface area contributed by atoms with Crippen LogP contribution >= 0.6 is 15.9 Å². The lowest BCUT2D eigenvalue weighted by molar-refractivity contribution is 0.103. The van der Waals surface area contributed by atoms with Crippen molar-refractivity contribution >= 4 is 21.7 Å². The van der Waals surface area contributed by atoms with E-state index in [4.69, 9.17) is 9.15 Å². The second-order valence-electron chi connectivity index (χ2n) is 3.28. The van der Waals surface area contributed by atoms with E-state index in [2.05, 4.69) is 15.9 Å². The molecule has 1 aromatic heterocycles. The molecule has 88 valence electrons. The van der Waals surface area contributed by atoms with Gasteiger partial charge in [-0.2, -0.15) is 0 Å². The van der Waals surface area contributed by atoms with Gasteiger partial charge in [0.2, 0.25) is 0 Å². The molecule has 0 amide bonds. The number of hydrogen-bond acceptors (Lipinski definition) is 3. The van der Waals surface area contributed by atoms with Crippen LogP contribution in [0.15, 0.2) is 39.6 Å². The highest BCUT2D eigenvalue weighted by Gasteiger charge is 2.18. The number of carbonyl (C=O) groups excluding carboxylic acids is 1. The number of halogens is 2. The van der Waals surface area contributed by atoms with Gasteiger partial charge in [-0.3, -0.25) is 4.79 Å². The Morgan fingerprint density at radius 2 is 2.12 bits per heavy atom. The van der Waals surface area contributed by atoms with Gasteiger partial charge in [-0.15, -0.1) is 0 Å². The first-order valence-corrected chi connectivity index (χ1v) is 5.54. The Kier molecular flexibility index (Phi) is 3.28. The highest BCUT2D eigenvalue weighted by molar-refractivity contribution is 9.10. The molecular formula is C12H8BrFO3. The predicted octanol–water partition coefficient (Wildman–Crippen LogP) is 3.42. The summed E-state index contributed by atoms with van der Waals surface area (Å²) >= 11 is 3.08. The third kappa shape index (κ3) is 2.24. The summed E-state index contributed by atoms with van der Waals surface area (Å²) in [5.41, 5.74) is 0.266. The average molecular weight is 299 g/mol. The van der Waals surface area contributed by atoms with E-state index in [1.807, 2.05) is 0 Å². The molecule has 0 aliphatic heterocycles. The normalized spacial score (nSPS) is 10.3. The summed E-state index contributed by atoms with van der Waals surface area (Å²) in [5.74, 6) is -0.696. The number of methoxy groups -OCH3 is 1. The summed E-state index contributed by atoms with van der Waals surface area (Å²) < 4.78 is 23.8. The first kappa shape index (κ1) is 11.9. The van der Waals surface area contributed by atoms with Gasteiger partial charge in [0.05, 0.1) is 24.5 Å². The Morgan fingerprint density at radius 1 is 1.35 bits per heavy atom. The third-order valence-corrected chi connectivity index (χ3v) is 2.90. The summed E-state index contributed by atoms with van der Waals surface area (Å²) in [5, 5.41) is 0. The minimum Gasteiger partial charge on any atom is -0.497 e. The molecule has 5 heteroatoms. The third-order valence-electron chi connectivity index (χ3n) is 2.28. The first-order chi connectivity index (χ1) is 8.13.